The van der Waals surface area contributed by atoms with Crippen LogP contribution in [0.5, 0.6) is 11.5 Å². The lowest BCUT2D eigenvalue weighted by Crippen LogP contribution is -1.98. The molecule has 0 atom stereocenters. The van der Waals surface area contributed by atoms with Crippen LogP contribution in [0, 0.1) is 24.8 Å². The highest BCUT2D eigenvalue weighted by Gasteiger charge is 2.38. The van der Waals surface area contributed by atoms with Crippen LogP contribution in [-0.2, 0) is 0 Å². The second kappa shape index (κ2) is 7.41. The summed E-state index contributed by atoms with van der Waals surface area (Å²) in [6.45, 7) is 9.22. The predicted octanol–water partition coefficient (Wildman–Crippen LogP) is 5.33. The Morgan fingerprint density at radius 1 is 1.18 bits per heavy atom. The number of hydrogen-bond donors (Lipinski definition) is 2. The van der Waals surface area contributed by atoms with Crippen LogP contribution in [0.3, 0.4) is 0 Å². The zero-order valence-corrected chi connectivity index (χ0v) is 16.4. The van der Waals surface area contributed by atoms with Gasteiger partial charge in [-0.1, -0.05) is 18.2 Å². The van der Waals surface area contributed by atoms with Gasteiger partial charge in [-0.25, -0.2) is 10.1 Å². The molecule has 0 aromatic heterocycles. The summed E-state index contributed by atoms with van der Waals surface area (Å²) in [6.07, 6.45) is 1.55. The lowest BCUT2D eigenvalue weighted by atomic mass is 10.0. The number of fused-ring (bicyclic) bond motifs is 1. The molecule has 7 heteroatoms. The van der Waals surface area contributed by atoms with E-state index in [2.05, 4.69) is 4.85 Å². The molecule has 0 aliphatic carbocycles. The smallest absolute Gasteiger partial charge is 0.271 e. The van der Waals surface area contributed by atoms with E-state index in [-0.39, 0.29) is 16.2 Å². The van der Waals surface area contributed by atoms with Gasteiger partial charge < -0.3 is 9.47 Å². The Morgan fingerprint density at radius 3 is 2.46 bits per heavy atom. The number of rotatable bonds is 3. The zero-order chi connectivity index (χ0) is 20.5. The minimum Gasteiger partial charge on any atom is -0.496 e. The van der Waals surface area contributed by atoms with Crippen LogP contribution in [0.4, 0.5) is 0 Å². The van der Waals surface area contributed by atoms with Crippen molar-refractivity contribution in [1.29, 1.82) is 5.26 Å². The topological polar surface area (TPSA) is 87.1 Å². The number of allylic oxidation sites excluding steroid dienone is 2. The van der Waals surface area contributed by atoms with E-state index < -0.39 is 10.6 Å². The average molecular weight is 394 g/mol. The summed E-state index contributed by atoms with van der Waals surface area (Å²) in [6, 6.07) is 12.1. The minimum absolute atomic E-state index is 0.116. The molecule has 0 radical (unpaired) electrons. The predicted molar refractivity (Wildman–Crippen MR) is 109 cm³/mol. The Hall–Kier alpha value is -3.23. The van der Waals surface area contributed by atoms with E-state index in [0.717, 1.165) is 5.56 Å². The lowest BCUT2D eigenvalue weighted by molar-refractivity contribution is 0.400. The molecule has 2 aromatic rings. The third-order valence-electron chi connectivity index (χ3n) is 4.50. The maximum Gasteiger partial charge on any atom is 0.271 e. The fourth-order valence-corrected chi connectivity index (χ4v) is 4.94. The summed E-state index contributed by atoms with van der Waals surface area (Å²) >= 11 is 0. The highest BCUT2D eigenvalue weighted by molar-refractivity contribution is 8.28. The number of nitrogens with zero attached hydrogens (tertiary/aromatic N) is 2. The van der Waals surface area contributed by atoms with Crippen LogP contribution in [0.1, 0.15) is 16.7 Å². The number of nitriles is 1. The first-order chi connectivity index (χ1) is 13.4. The molecule has 1 aliphatic heterocycles. The van der Waals surface area contributed by atoms with Crippen molar-refractivity contribution in [2.45, 2.75) is 11.8 Å². The SMILES string of the molecule is [C-]#[N+]/C(C#N)=C1\C(=C/c2cc(OC)c(C)cc2OC)S(O)(O)c2ccccc21. The van der Waals surface area contributed by atoms with E-state index in [1.165, 1.54) is 7.11 Å². The monoisotopic (exact) mass is 394 g/mol. The van der Waals surface area contributed by atoms with Gasteiger partial charge in [0.05, 0.1) is 36.7 Å². The summed E-state index contributed by atoms with van der Waals surface area (Å²) < 4.78 is 32.7. The van der Waals surface area contributed by atoms with Gasteiger partial charge in [0.25, 0.3) is 5.70 Å². The zero-order valence-electron chi connectivity index (χ0n) is 15.6. The van der Waals surface area contributed by atoms with Crippen LogP contribution in [0.15, 0.2) is 51.9 Å². The maximum absolute atomic E-state index is 11.0. The Morgan fingerprint density at radius 2 is 1.86 bits per heavy atom. The Kier molecular flexibility index (Phi) is 5.17. The standard InChI is InChI=1S/C21H18N2O4S/c1-13-9-18(27-4)14(10-17(13)26-3)11-20-21(16(12-22)23-2)15-7-5-6-8-19(15)28(20,24)25/h5-11,24-25H,1,3-4H3/b20-11+,21-16-. The molecule has 1 heterocycles. The van der Waals surface area contributed by atoms with E-state index in [1.54, 1.807) is 49.6 Å². The Balaban J connectivity index is 2.37. The van der Waals surface area contributed by atoms with Gasteiger partial charge in [-0.05, 0) is 42.3 Å². The number of ether oxygens (including phenoxy) is 2. The highest BCUT2D eigenvalue weighted by Crippen LogP contribution is 2.68. The fourth-order valence-electron chi connectivity index (χ4n) is 3.18. The van der Waals surface area contributed by atoms with Crippen molar-refractivity contribution in [3.63, 3.8) is 0 Å². The van der Waals surface area contributed by atoms with E-state index in [1.807, 2.05) is 13.0 Å². The van der Waals surface area contributed by atoms with Gasteiger partial charge in [0.2, 0.25) is 0 Å². The van der Waals surface area contributed by atoms with Gasteiger partial charge in [-0.2, -0.15) is 0 Å². The van der Waals surface area contributed by atoms with Crippen LogP contribution in [-0.4, -0.2) is 23.3 Å². The first-order valence-electron chi connectivity index (χ1n) is 8.23. The summed E-state index contributed by atoms with van der Waals surface area (Å²) in [4.78, 5) is 3.71. The molecule has 0 fully saturated rings. The van der Waals surface area contributed by atoms with Crippen molar-refractivity contribution in [2.24, 2.45) is 0 Å². The molecule has 0 spiro atoms. The van der Waals surface area contributed by atoms with E-state index in [4.69, 9.17) is 16.0 Å². The minimum atomic E-state index is -3.40. The molecule has 1 aliphatic rings. The lowest BCUT2D eigenvalue weighted by Gasteiger charge is -2.29. The number of aryl methyl sites for hydroxylation is 1. The summed E-state index contributed by atoms with van der Waals surface area (Å²) in [5.74, 6) is 1.12. The largest absolute Gasteiger partial charge is 0.496 e. The maximum atomic E-state index is 11.0. The molecule has 2 aromatic carbocycles. The third kappa shape index (κ3) is 3.02. The molecule has 2 N–H and O–H groups in total. The molecule has 28 heavy (non-hydrogen) atoms. The molecule has 0 saturated carbocycles. The summed E-state index contributed by atoms with van der Waals surface area (Å²) in [7, 11) is -0.342. The number of benzene rings is 2. The second-order valence-corrected chi connectivity index (χ2v) is 8.04. The van der Waals surface area contributed by atoms with Crippen molar-refractivity contribution in [3.05, 3.63) is 75.1 Å². The molecular formula is C21H18N2O4S. The average Bonchev–Trinajstić information content (AvgIpc) is 2.92. The summed E-state index contributed by atoms with van der Waals surface area (Å²) in [5, 5.41) is 9.44. The first kappa shape index (κ1) is 19.5. The number of methoxy groups -OCH3 is 2. The van der Waals surface area contributed by atoms with Crippen molar-refractivity contribution < 1.29 is 18.6 Å². The van der Waals surface area contributed by atoms with Crippen molar-refractivity contribution in [3.8, 4) is 17.6 Å². The van der Waals surface area contributed by atoms with Gasteiger partial charge >= 0.3 is 0 Å². The van der Waals surface area contributed by atoms with Crippen LogP contribution >= 0.6 is 10.6 Å². The van der Waals surface area contributed by atoms with Crippen LogP contribution in [0.2, 0.25) is 0 Å². The van der Waals surface area contributed by atoms with Gasteiger partial charge in [-0.15, -0.1) is 10.6 Å². The van der Waals surface area contributed by atoms with E-state index in [9.17, 15) is 14.4 Å². The summed E-state index contributed by atoms with van der Waals surface area (Å²) in [5.41, 5.74) is 1.91. The molecule has 0 saturated heterocycles. The van der Waals surface area contributed by atoms with Gasteiger partial charge in [0.15, 0.2) is 0 Å². The van der Waals surface area contributed by atoms with Crippen molar-refractivity contribution >= 4 is 22.2 Å². The molecular weight excluding hydrogens is 376 g/mol. The Bertz CT molecular complexity index is 1090. The Labute approximate surface area is 165 Å². The molecule has 0 amide bonds. The van der Waals surface area contributed by atoms with Gasteiger partial charge in [0.1, 0.15) is 11.5 Å². The first-order valence-corrected chi connectivity index (χ1v) is 9.78. The van der Waals surface area contributed by atoms with E-state index in [0.29, 0.717) is 27.5 Å². The molecule has 142 valence electrons. The quantitative estimate of drug-likeness (QED) is 0.543. The van der Waals surface area contributed by atoms with Gasteiger partial charge in [0, 0.05) is 11.1 Å². The van der Waals surface area contributed by atoms with E-state index >= 15 is 0 Å². The molecule has 0 bridgehead atoms. The highest BCUT2D eigenvalue weighted by atomic mass is 32.3. The molecule has 3 rings (SSSR count). The number of hydrogen-bond acceptors (Lipinski definition) is 5. The van der Waals surface area contributed by atoms with Crippen LogP contribution in [0.25, 0.3) is 16.5 Å². The van der Waals surface area contributed by atoms with Crippen LogP contribution < -0.4 is 9.47 Å². The molecule has 0 unspecified atom stereocenters. The van der Waals surface area contributed by atoms with Crippen molar-refractivity contribution in [2.75, 3.05) is 14.2 Å². The second-order valence-electron chi connectivity index (χ2n) is 6.06. The van der Waals surface area contributed by atoms with Crippen molar-refractivity contribution in [1.82, 2.24) is 0 Å². The molecule has 6 nitrogen and oxygen atoms in total. The normalized spacial score (nSPS) is 18.6. The van der Waals surface area contributed by atoms with Gasteiger partial charge in [-0.3, -0.25) is 9.11 Å². The third-order valence-corrected chi connectivity index (χ3v) is 6.41. The fraction of sp³-hybridized carbons (Fsp3) is 0.143.